The highest BCUT2D eigenvalue weighted by Gasteiger charge is 2.38. The van der Waals surface area contributed by atoms with E-state index in [0.29, 0.717) is 30.7 Å². The monoisotopic (exact) mass is 328 g/mol. The summed E-state index contributed by atoms with van der Waals surface area (Å²) in [6, 6.07) is 10.5. The van der Waals surface area contributed by atoms with E-state index in [4.69, 9.17) is 4.42 Å². The lowest BCUT2D eigenvalue weighted by Gasteiger charge is -2.25. The first-order valence-electron chi connectivity index (χ1n) is 8.53. The molecule has 4 rings (SSSR count). The van der Waals surface area contributed by atoms with E-state index in [1.165, 1.54) is 31.4 Å². The van der Waals surface area contributed by atoms with Gasteiger partial charge in [0, 0.05) is 18.2 Å². The highest BCUT2D eigenvalue weighted by Crippen LogP contribution is 2.36. The average Bonchev–Trinajstić information content (AvgIpc) is 3.30. The van der Waals surface area contributed by atoms with Crippen molar-refractivity contribution in [3.05, 3.63) is 48.0 Å². The van der Waals surface area contributed by atoms with E-state index in [2.05, 4.69) is 10.2 Å². The highest BCUT2D eigenvalue weighted by atomic mass is 19.1. The number of amides is 1. The van der Waals surface area contributed by atoms with Crippen LogP contribution in [-0.4, -0.2) is 29.9 Å². The molecule has 4 nitrogen and oxygen atoms in total. The second-order valence-electron chi connectivity index (χ2n) is 6.81. The first-order chi connectivity index (χ1) is 11.7. The van der Waals surface area contributed by atoms with Gasteiger partial charge in [0.15, 0.2) is 0 Å². The third kappa shape index (κ3) is 3.22. The van der Waals surface area contributed by atoms with E-state index >= 15 is 0 Å². The van der Waals surface area contributed by atoms with E-state index in [-0.39, 0.29) is 11.7 Å². The van der Waals surface area contributed by atoms with E-state index in [0.717, 1.165) is 18.0 Å². The zero-order valence-electron chi connectivity index (χ0n) is 13.5. The Kier molecular flexibility index (Phi) is 4.10. The maximum Gasteiger partial charge on any atom is 0.234 e. The predicted octanol–water partition coefficient (Wildman–Crippen LogP) is 3.19. The van der Waals surface area contributed by atoms with Gasteiger partial charge in [-0.15, -0.1) is 0 Å². The van der Waals surface area contributed by atoms with Crippen LogP contribution in [0.15, 0.2) is 40.8 Å². The Hall–Kier alpha value is -2.14. The molecule has 2 bridgehead atoms. The van der Waals surface area contributed by atoms with Gasteiger partial charge in [0.25, 0.3) is 0 Å². The Balaban J connectivity index is 1.30. The molecule has 1 saturated heterocycles. The summed E-state index contributed by atoms with van der Waals surface area (Å²) in [7, 11) is 0. The van der Waals surface area contributed by atoms with Crippen LogP contribution >= 0.6 is 0 Å². The fraction of sp³-hybridized carbons (Fsp3) is 0.421. The number of piperidine rings is 1. The van der Waals surface area contributed by atoms with Crippen LogP contribution in [0.4, 0.5) is 4.39 Å². The number of likely N-dealkylation sites (tertiary alicyclic amines) is 1. The minimum absolute atomic E-state index is 0.0438. The number of nitrogens with zero attached hydrogens (tertiary/aromatic N) is 1. The van der Waals surface area contributed by atoms with Gasteiger partial charge in [0.05, 0.1) is 13.1 Å². The van der Waals surface area contributed by atoms with Crippen LogP contribution < -0.4 is 5.32 Å². The fourth-order valence-electron chi connectivity index (χ4n) is 3.89. The molecular formula is C19H21FN2O2. The molecule has 2 atom stereocenters. The fourth-order valence-corrected chi connectivity index (χ4v) is 3.89. The summed E-state index contributed by atoms with van der Waals surface area (Å²) < 4.78 is 18.7. The van der Waals surface area contributed by atoms with Crippen molar-refractivity contribution in [3.63, 3.8) is 0 Å². The van der Waals surface area contributed by atoms with Crippen molar-refractivity contribution >= 4 is 5.91 Å². The lowest BCUT2D eigenvalue weighted by molar-refractivity contribution is -0.122. The molecular weight excluding hydrogens is 307 g/mol. The van der Waals surface area contributed by atoms with Crippen LogP contribution in [0.5, 0.6) is 0 Å². The summed E-state index contributed by atoms with van der Waals surface area (Å²) in [5.74, 6) is 1.95. The largest absolute Gasteiger partial charge is 0.459 e. The zero-order chi connectivity index (χ0) is 16.5. The van der Waals surface area contributed by atoms with Crippen molar-refractivity contribution in [2.75, 3.05) is 13.1 Å². The van der Waals surface area contributed by atoms with E-state index in [1.54, 1.807) is 12.1 Å². The normalized spacial score (nSPS) is 22.9. The molecule has 0 radical (unpaired) electrons. The first kappa shape index (κ1) is 15.4. The molecule has 2 heterocycles. The van der Waals surface area contributed by atoms with Crippen LogP contribution in [0.2, 0.25) is 0 Å². The number of hydrogen-bond acceptors (Lipinski definition) is 3. The maximum atomic E-state index is 13.0. The average molecular weight is 328 g/mol. The van der Waals surface area contributed by atoms with E-state index in [9.17, 15) is 9.18 Å². The smallest absolute Gasteiger partial charge is 0.234 e. The summed E-state index contributed by atoms with van der Waals surface area (Å²) in [5, 5.41) is 2.92. The molecule has 5 heteroatoms. The van der Waals surface area contributed by atoms with Crippen LogP contribution in [0.25, 0.3) is 11.3 Å². The maximum absolute atomic E-state index is 13.0. The number of nitrogens with one attached hydrogen (secondary N) is 1. The summed E-state index contributed by atoms with van der Waals surface area (Å²) in [6.07, 6.45) is 3.81. The van der Waals surface area contributed by atoms with Crippen molar-refractivity contribution in [1.82, 2.24) is 10.2 Å². The van der Waals surface area contributed by atoms with Gasteiger partial charge in [0.2, 0.25) is 5.91 Å². The van der Waals surface area contributed by atoms with Gasteiger partial charge in [0.1, 0.15) is 17.3 Å². The Morgan fingerprint density at radius 1 is 1.21 bits per heavy atom. The number of rotatable bonds is 5. The van der Waals surface area contributed by atoms with Crippen LogP contribution in [-0.2, 0) is 11.3 Å². The topological polar surface area (TPSA) is 45.5 Å². The molecule has 1 N–H and O–H groups in total. The summed E-state index contributed by atoms with van der Waals surface area (Å²) in [5.41, 5.74) is 0.821. The van der Waals surface area contributed by atoms with Crippen LogP contribution in [0.3, 0.4) is 0 Å². The minimum Gasteiger partial charge on any atom is -0.459 e. The Bertz CT molecular complexity index is 725. The molecule has 2 aliphatic rings. The summed E-state index contributed by atoms with van der Waals surface area (Å²) in [6.45, 7) is 1.92. The Morgan fingerprint density at radius 2 is 2.04 bits per heavy atom. The van der Waals surface area contributed by atoms with Gasteiger partial charge in [-0.2, -0.15) is 0 Å². The molecule has 1 amide bonds. The van der Waals surface area contributed by atoms with Gasteiger partial charge in [-0.3, -0.25) is 9.69 Å². The van der Waals surface area contributed by atoms with Crippen molar-refractivity contribution in [3.8, 4) is 11.3 Å². The van der Waals surface area contributed by atoms with Crippen molar-refractivity contribution < 1.29 is 13.6 Å². The number of halogens is 1. The van der Waals surface area contributed by atoms with Gasteiger partial charge in [-0.25, -0.2) is 4.39 Å². The first-order valence-corrected chi connectivity index (χ1v) is 8.53. The molecule has 1 aliphatic heterocycles. The van der Waals surface area contributed by atoms with Gasteiger partial charge < -0.3 is 9.73 Å². The van der Waals surface area contributed by atoms with Crippen molar-refractivity contribution in [1.29, 1.82) is 0 Å². The summed E-state index contributed by atoms with van der Waals surface area (Å²) >= 11 is 0. The molecule has 2 aromatic rings. The molecule has 1 aromatic heterocycles. The SMILES string of the molecule is O=C(CN1C[C@H]2CC[C@@H]1C2)NCc1ccc(-c2ccc(F)cc2)o1. The number of carbonyl (C=O) groups is 1. The lowest BCUT2D eigenvalue weighted by atomic mass is 10.1. The number of benzene rings is 1. The second-order valence-corrected chi connectivity index (χ2v) is 6.81. The number of fused-ring (bicyclic) bond motifs is 2. The zero-order valence-corrected chi connectivity index (χ0v) is 13.5. The standard InChI is InChI=1S/C19H21FN2O2/c20-15-4-2-14(3-5-15)18-8-7-17(24-18)10-21-19(23)12-22-11-13-1-6-16(22)9-13/h2-5,7-8,13,16H,1,6,9-12H2,(H,21,23)/t13-,16+/m0/s1. The number of carbonyl (C=O) groups excluding carboxylic acids is 1. The van der Waals surface area contributed by atoms with E-state index < -0.39 is 0 Å². The van der Waals surface area contributed by atoms with Crippen LogP contribution in [0.1, 0.15) is 25.0 Å². The molecule has 1 saturated carbocycles. The molecule has 126 valence electrons. The highest BCUT2D eigenvalue weighted by molar-refractivity contribution is 5.78. The minimum atomic E-state index is -0.270. The second kappa shape index (κ2) is 6.40. The van der Waals surface area contributed by atoms with Gasteiger partial charge in [-0.05, 0) is 61.6 Å². The third-order valence-electron chi connectivity index (χ3n) is 5.12. The van der Waals surface area contributed by atoms with Crippen LogP contribution in [0, 0.1) is 11.7 Å². The molecule has 0 unspecified atom stereocenters. The molecule has 24 heavy (non-hydrogen) atoms. The molecule has 2 fully saturated rings. The van der Waals surface area contributed by atoms with Gasteiger partial charge >= 0.3 is 0 Å². The molecule has 0 spiro atoms. The third-order valence-corrected chi connectivity index (χ3v) is 5.12. The van der Waals surface area contributed by atoms with E-state index in [1.807, 2.05) is 12.1 Å². The lowest BCUT2D eigenvalue weighted by Crippen LogP contribution is -2.40. The molecule has 1 aliphatic carbocycles. The number of furan rings is 1. The van der Waals surface area contributed by atoms with Crippen molar-refractivity contribution in [2.24, 2.45) is 5.92 Å². The number of hydrogen-bond donors (Lipinski definition) is 1. The quantitative estimate of drug-likeness (QED) is 0.917. The van der Waals surface area contributed by atoms with Crippen molar-refractivity contribution in [2.45, 2.75) is 31.8 Å². The molecule has 1 aromatic carbocycles. The van der Waals surface area contributed by atoms with Gasteiger partial charge in [-0.1, -0.05) is 0 Å². The Morgan fingerprint density at radius 3 is 2.75 bits per heavy atom. The predicted molar refractivity (Wildman–Crippen MR) is 88.7 cm³/mol. The Labute approximate surface area is 140 Å². The summed E-state index contributed by atoms with van der Waals surface area (Å²) in [4.78, 5) is 14.4.